The van der Waals surface area contributed by atoms with Crippen molar-refractivity contribution in [1.29, 1.82) is 0 Å². The molecule has 0 spiro atoms. The van der Waals surface area contributed by atoms with E-state index in [4.69, 9.17) is 4.84 Å². The van der Waals surface area contributed by atoms with Gasteiger partial charge in [0.15, 0.2) is 6.10 Å². The lowest BCUT2D eigenvalue weighted by Gasteiger charge is -2.26. The average Bonchev–Trinajstić information content (AvgIpc) is 3.11. The molecule has 0 radical (unpaired) electrons. The number of hydrogen-bond acceptors (Lipinski definition) is 3. The van der Waals surface area contributed by atoms with Gasteiger partial charge in [-0.2, -0.15) is 0 Å². The molecule has 4 nitrogen and oxygen atoms in total. The first kappa shape index (κ1) is 19.0. The fourth-order valence-electron chi connectivity index (χ4n) is 3.04. The number of carbonyl (C=O) groups is 1. The third-order valence-corrected chi connectivity index (χ3v) is 4.44. The Balaban J connectivity index is 1.70. The summed E-state index contributed by atoms with van der Waals surface area (Å²) in [7, 11) is 0. The summed E-state index contributed by atoms with van der Waals surface area (Å²) in [5.41, 5.74) is 1.76. The quantitative estimate of drug-likeness (QED) is 0.765. The number of oxime groups is 1. The number of hydrogen-bond donors (Lipinski definition) is 0. The molecule has 1 heterocycles. The van der Waals surface area contributed by atoms with E-state index >= 15 is 0 Å². The van der Waals surface area contributed by atoms with Crippen LogP contribution in [0.1, 0.15) is 31.4 Å². The van der Waals surface area contributed by atoms with Crippen molar-refractivity contribution in [2.75, 3.05) is 6.54 Å². The van der Waals surface area contributed by atoms with Gasteiger partial charge in [0.05, 0.1) is 12.3 Å². The number of nitrogens with zero attached hydrogens (tertiary/aromatic N) is 2. The van der Waals surface area contributed by atoms with Crippen LogP contribution in [-0.2, 0) is 16.2 Å². The molecule has 1 aliphatic heterocycles. The lowest BCUT2D eigenvalue weighted by molar-refractivity contribution is -0.137. The first-order valence-corrected chi connectivity index (χ1v) is 8.95. The Morgan fingerprint density at radius 2 is 2.00 bits per heavy atom. The molecular formula is C21H22F2N2O2. The average molecular weight is 372 g/mol. The summed E-state index contributed by atoms with van der Waals surface area (Å²) in [6.07, 6.45) is 0.112. The topological polar surface area (TPSA) is 41.9 Å². The summed E-state index contributed by atoms with van der Waals surface area (Å²) in [6, 6.07) is 12.6. The number of amides is 1. The van der Waals surface area contributed by atoms with Gasteiger partial charge in [-0.05, 0) is 18.2 Å². The third-order valence-electron chi connectivity index (χ3n) is 4.44. The predicted molar refractivity (Wildman–Crippen MR) is 99.1 cm³/mol. The molecule has 0 aromatic heterocycles. The second-order valence-electron chi connectivity index (χ2n) is 6.94. The lowest BCUT2D eigenvalue weighted by atomic mass is 10.0. The summed E-state index contributed by atoms with van der Waals surface area (Å²) in [6.45, 7) is 4.06. The van der Waals surface area contributed by atoms with E-state index in [1.165, 1.54) is 18.2 Å². The normalized spacial score (nSPS) is 16.2. The van der Waals surface area contributed by atoms with Crippen LogP contribution in [0.15, 0.2) is 53.7 Å². The molecule has 0 aliphatic carbocycles. The Bertz CT molecular complexity index is 852. The van der Waals surface area contributed by atoms with Gasteiger partial charge >= 0.3 is 0 Å². The van der Waals surface area contributed by atoms with Crippen molar-refractivity contribution in [3.05, 3.63) is 71.3 Å². The maximum absolute atomic E-state index is 14.0. The van der Waals surface area contributed by atoms with Crippen LogP contribution in [-0.4, -0.2) is 29.2 Å². The smallest absolute Gasteiger partial charge is 0.225 e. The summed E-state index contributed by atoms with van der Waals surface area (Å²) in [4.78, 5) is 19.7. The molecule has 0 N–H and O–H groups in total. The van der Waals surface area contributed by atoms with Gasteiger partial charge in [-0.3, -0.25) is 4.79 Å². The molecule has 2 aromatic rings. The number of carbonyl (C=O) groups excluding carboxylic acids is 1. The molecule has 6 heteroatoms. The Kier molecular flexibility index (Phi) is 5.84. The van der Waals surface area contributed by atoms with Crippen LogP contribution in [0, 0.1) is 17.6 Å². The van der Waals surface area contributed by atoms with E-state index in [1.54, 1.807) is 49.1 Å². The van der Waals surface area contributed by atoms with Gasteiger partial charge in [-0.15, -0.1) is 0 Å². The molecule has 1 atom stereocenters. The molecule has 2 aromatic carbocycles. The molecule has 0 saturated carbocycles. The van der Waals surface area contributed by atoms with Gasteiger partial charge in [0.2, 0.25) is 5.91 Å². The van der Waals surface area contributed by atoms with Crippen molar-refractivity contribution in [2.45, 2.75) is 32.9 Å². The van der Waals surface area contributed by atoms with Gasteiger partial charge < -0.3 is 9.74 Å². The molecule has 1 amide bonds. The molecule has 142 valence electrons. The van der Waals surface area contributed by atoms with Crippen molar-refractivity contribution in [2.24, 2.45) is 11.1 Å². The second-order valence-corrected chi connectivity index (χ2v) is 6.94. The summed E-state index contributed by atoms with van der Waals surface area (Å²) < 4.78 is 27.4. The molecule has 27 heavy (non-hydrogen) atoms. The minimum atomic E-state index is -0.349. The van der Waals surface area contributed by atoms with Crippen LogP contribution < -0.4 is 0 Å². The van der Waals surface area contributed by atoms with Crippen LogP contribution >= 0.6 is 0 Å². The highest BCUT2D eigenvalue weighted by molar-refractivity contribution is 6.01. The van der Waals surface area contributed by atoms with Crippen molar-refractivity contribution >= 4 is 11.6 Å². The highest BCUT2D eigenvalue weighted by Gasteiger charge is 2.28. The largest absolute Gasteiger partial charge is 0.390 e. The van der Waals surface area contributed by atoms with Crippen LogP contribution in [0.2, 0.25) is 0 Å². The fraction of sp³-hybridized carbons (Fsp3) is 0.333. The monoisotopic (exact) mass is 372 g/mol. The van der Waals surface area contributed by atoms with Crippen LogP contribution in [0.5, 0.6) is 0 Å². The number of rotatable bonds is 6. The molecule has 0 bridgehead atoms. The summed E-state index contributed by atoms with van der Waals surface area (Å²) >= 11 is 0. The zero-order valence-electron chi connectivity index (χ0n) is 15.4. The SMILES string of the molecule is CC(C)C(=O)N(Cc1ccccc1F)C[C@@H]1CC(c2cccc(F)c2)=NO1. The molecule has 3 rings (SSSR count). The van der Waals surface area contributed by atoms with E-state index < -0.39 is 0 Å². The van der Waals surface area contributed by atoms with E-state index in [1.807, 2.05) is 0 Å². The van der Waals surface area contributed by atoms with Crippen LogP contribution in [0.3, 0.4) is 0 Å². The van der Waals surface area contributed by atoms with Gasteiger partial charge in [0.1, 0.15) is 11.6 Å². The molecule has 0 saturated heterocycles. The predicted octanol–water partition coefficient (Wildman–Crippen LogP) is 4.14. The van der Waals surface area contributed by atoms with E-state index in [-0.39, 0.29) is 42.7 Å². The van der Waals surface area contributed by atoms with Gasteiger partial charge in [0, 0.05) is 30.0 Å². The fourth-order valence-corrected chi connectivity index (χ4v) is 3.04. The maximum atomic E-state index is 14.0. The van der Waals surface area contributed by atoms with Gasteiger partial charge in [0.25, 0.3) is 0 Å². The highest BCUT2D eigenvalue weighted by Crippen LogP contribution is 2.20. The summed E-state index contributed by atoms with van der Waals surface area (Å²) in [5.74, 6) is -0.985. The first-order chi connectivity index (χ1) is 12.9. The second kappa shape index (κ2) is 8.29. The first-order valence-electron chi connectivity index (χ1n) is 8.95. The van der Waals surface area contributed by atoms with Gasteiger partial charge in [-0.1, -0.05) is 49.3 Å². The Labute approximate surface area is 157 Å². The standard InChI is InChI=1S/C21H22F2N2O2/c1-14(2)21(26)25(12-16-6-3-4-9-19(16)23)13-18-11-20(24-27-18)15-7-5-8-17(22)10-15/h3-10,14,18H,11-13H2,1-2H3/t18-/m0/s1. The Morgan fingerprint density at radius 1 is 1.22 bits per heavy atom. The van der Waals surface area contributed by atoms with E-state index in [2.05, 4.69) is 5.16 Å². The van der Waals surface area contributed by atoms with E-state index in [9.17, 15) is 13.6 Å². The van der Waals surface area contributed by atoms with Crippen molar-refractivity contribution in [3.63, 3.8) is 0 Å². The van der Waals surface area contributed by atoms with Crippen molar-refractivity contribution in [3.8, 4) is 0 Å². The van der Waals surface area contributed by atoms with Gasteiger partial charge in [-0.25, -0.2) is 8.78 Å². The Hall–Kier alpha value is -2.76. The number of benzene rings is 2. The zero-order valence-corrected chi connectivity index (χ0v) is 15.4. The molecule has 0 unspecified atom stereocenters. The van der Waals surface area contributed by atoms with E-state index in [0.29, 0.717) is 23.3 Å². The lowest BCUT2D eigenvalue weighted by Crippen LogP contribution is -2.39. The number of halogens is 2. The molecule has 1 aliphatic rings. The molecule has 0 fully saturated rings. The maximum Gasteiger partial charge on any atom is 0.225 e. The van der Waals surface area contributed by atoms with Crippen LogP contribution in [0.25, 0.3) is 0 Å². The Morgan fingerprint density at radius 3 is 2.70 bits per heavy atom. The van der Waals surface area contributed by atoms with Crippen molar-refractivity contribution in [1.82, 2.24) is 4.90 Å². The summed E-state index contributed by atoms with van der Waals surface area (Å²) in [5, 5.41) is 4.05. The zero-order chi connectivity index (χ0) is 19.4. The minimum absolute atomic E-state index is 0.0824. The van der Waals surface area contributed by atoms with Crippen LogP contribution in [0.4, 0.5) is 8.78 Å². The van der Waals surface area contributed by atoms with Crippen molar-refractivity contribution < 1.29 is 18.4 Å². The molecular weight excluding hydrogens is 350 g/mol. The van der Waals surface area contributed by atoms with E-state index in [0.717, 1.165) is 0 Å². The third kappa shape index (κ3) is 4.70. The minimum Gasteiger partial charge on any atom is -0.390 e. The highest BCUT2D eigenvalue weighted by atomic mass is 19.1.